The van der Waals surface area contributed by atoms with Gasteiger partial charge in [-0.3, -0.25) is 4.68 Å². The van der Waals surface area contributed by atoms with Crippen LogP contribution >= 0.6 is 11.6 Å². The van der Waals surface area contributed by atoms with Crippen LogP contribution in [0.5, 0.6) is 0 Å². The molecule has 0 aliphatic heterocycles. The quantitative estimate of drug-likeness (QED) is 0.773. The third-order valence-corrected chi connectivity index (χ3v) is 3.12. The fourth-order valence-corrected chi connectivity index (χ4v) is 2.15. The average molecular weight is 263 g/mol. The maximum atomic E-state index is 10.2. The van der Waals surface area contributed by atoms with Crippen molar-refractivity contribution in [3.05, 3.63) is 53.0 Å². The number of hydrogen-bond acceptors (Lipinski definition) is 3. The minimum Gasteiger partial charge on any atom is -0.456 e. The lowest BCUT2D eigenvalue weighted by Gasteiger charge is -2.03. The number of aromatic nitrogens is 2. The zero-order chi connectivity index (χ0) is 12.7. The van der Waals surface area contributed by atoms with Gasteiger partial charge in [-0.2, -0.15) is 5.10 Å². The maximum absolute atomic E-state index is 10.2. The topological polar surface area (TPSA) is 51.2 Å². The highest BCUT2D eigenvalue weighted by Crippen LogP contribution is 2.31. The molecule has 0 saturated carbocycles. The van der Waals surface area contributed by atoms with Crippen LogP contribution in [0.25, 0.3) is 11.0 Å². The molecule has 0 spiro atoms. The number of hydrogen-bond donors (Lipinski definition) is 1. The van der Waals surface area contributed by atoms with Crippen molar-refractivity contribution in [3.63, 3.8) is 0 Å². The summed E-state index contributed by atoms with van der Waals surface area (Å²) in [5.41, 5.74) is 1.28. The van der Waals surface area contributed by atoms with E-state index in [1.165, 1.54) is 0 Å². The molecule has 3 rings (SSSR count). The van der Waals surface area contributed by atoms with Crippen molar-refractivity contribution < 1.29 is 9.52 Å². The Labute approximate surface area is 108 Å². The van der Waals surface area contributed by atoms with E-state index < -0.39 is 6.10 Å². The number of halogens is 1. The first-order valence-corrected chi connectivity index (χ1v) is 5.87. The maximum Gasteiger partial charge on any atom is 0.153 e. The van der Waals surface area contributed by atoms with Crippen LogP contribution in [-0.4, -0.2) is 14.9 Å². The number of aliphatic hydroxyl groups excluding tert-OH is 1. The van der Waals surface area contributed by atoms with E-state index in [9.17, 15) is 5.11 Å². The Balaban J connectivity index is 2.06. The van der Waals surface area contributed by atoms with E-state index in [0.29, 0.717) is 21.9 Å². The van der Waals surface area contributed by atoms with Gasteiger partial charge in [0.15, 0.2) is 5.58 Å². The van der Waals surface area contributed by atoms with E-state index >= 15 is 0 Å². The number of benzene rings is 1. The summed E-state index contributed by atoms with van der Waals surface area (Å²) in [6.07, 6.45) is 2.53. The lowest BCUT2D eigenvalue weighted by molar-refractivity contribution is 0.192. The second kappa shape index (κ2) is 4.15. The largest absolute Gasteiger partial charge is 0.456 e. The highest BCUT2D eigenvalue weighted by molar-refractivity contribution is 6.34. The van der Waals surface area contributed by atoms with Gasteiger partial charge in [0.25, 0.3) is 0 Å². The molecule has 0 aliphatic carbocycles. The zero-order valence-corrected chi connectivity index (χ0v) is 10.4. The number of aryl methyl sites for hydroxylation is 1. The van der Waals surface area contributed by atoms with Gasteiger partial charge in [-0.25, -0.2) is 0 Å². The summed E-state index contributed by atoms with van der Waals surface area (Å²) in [5.74, 6) is 0.464. The van der Waals surface area contributed by atoms with E-state index in [4.69, 9.17) is 16.0 Å². The number of para-hydroxylation sites is 1. The second-order valence-corrected chi connectivity index (χ2v) is 4.56. The third-order valence-electron chi connectivity index (χ3n) is 2.83. The minimum absolute atomic E-state index is 0.464. The molecule has 2 aromatic heterocycles. The van der Waals surface area contributed by atoms with Crippen molar-refractivity contribution in [3.8, 4) is 0 Å². The Morgan fingerprint density at radius 3 is 2.94 bits per heavy atom. The summed E-state index contributed by atoms with van der Waals surface area (Å²) in [4.78, 5) is 0. The Bertz CT molecular complexity index is 702. The SMILES string of the molecule is Cn1cc(C(O)c2cc3cccc(Cl)c3o2)cn1. The number of nitrogens with zero attached hydrogens (tertiary/aromatic N) is 2. The molecule has 1 unspecified atom stereocenters. The number of fused-ring (bicyclic) bond motifs is 1. The van der Waals surface area contributed by atoms with Crippen LogP contribution in [0, 0.1) is 0 Å². The smallest absolute Gasteiger partial charge is 0.153 e. The van der Waals surface area contributed by atoms with Gasteiger partial charge in [-0.05, 0) is 12.1 Å². The lowest BCUT2D eigenvalue weighted by Crippen LogP contribution is -1.96. The van der Waals surface area contributed by atoms with Crippen LogP contribution in [0.2, 0.25) is 5.02 Å². The standard InChI is InChI=1S/C13H11ClN2O2/c1-16-7-9(6-15-16)12(17)11-5-8-3-2-4-10(14)13(8)18-11/h2-7,12,17H,1H3. The Morgan fingerprint density at radius 2 is 2.28 bits per heavy atom. The molecule has 0 bridgehead atoms. The molecule has 18 heavy (non-hydrogen) atoms. The lowest BCUT2D eigenvalue weighted by atomic mass is 10.1. The first kappa shape index (κ1) is 11.3. The minimum atomic E-state index is -0.831. The van der Waals surface area contributed by atoms with E-state index in [1.807, 2.05) is 12.1 Å². The predicted octanol–water partition coefficient (Wildman–Crippen LogP) is 2.90. The molecule has 1 N–H and O–H groups in total. The summed E-state index contributed by atoms with van der Waals surface area (Å²) in [7, 11) is 1.80. The predicted molar refractivity (Wildman–Crippen MR) is 68.5 cm³/mol. The molecule has 5 heteroatoms. The van der Waals surface area contributed by atoms with Crippen molar-refractivity contribution in [2.24, 2.45) is 7.05 Å². The molecule has 1 aromatic carbocycles. The van der Waals surface area contributed by atoms with Crippen LogP contribution in [0.1, 0.15) is 17.4 Å². The van der Waals surface area contributed by atoms with Crippen LogP contribution in [0.3, 0.4) is 0 Å². The molecular weight excluding hydrogens is 252 g/mol. The van der Waals surface area contributed by atoms with Crippen LogP contribution < -0.4 is 0 Å². The first-order valence-electron chi connectivity index (χ1n) is 5.50. The highest BCUT2D eigenvalue weighted by Gasteiger charge is 2.17. The second-order valence-electron chi connectivity index (χ2n) is 4.16. The number of rotatable bonds is 2. The van der Waals surface area contributed by atoms with E-state index in [0.717, 1.165) is 5.39 Å². The van der Waals surface area contributed by atoms with Crippen molar-refractivity contribution in [1.29, 1.82) is 0 Å². The first-order chi connectivity index (χ1) is 8.65. The van der Waals surface area contributed by atoms with Crippen LogP contribution in [-0.2, 0) is 7.05 Å². The Morgan fingerprint density at radius 1 is 1.44 bits per heavy atom. The van der Waals surface area contributed by atoms with Crippen LogP contribution in [0.15, 0.2) is 41.1 Å². The van der Waals surface area contributed by atoms with Crippen molar-refractivity contribution >= 4 is 22.6 Å². The van der Waals surface area contributed by atoms with E-state index in [1.54, 1.807) is 36.3 Å². The zero-order valence-electron chi connectivity index (χ0n) is 9.67. The molecule has 2 heterocycles. The molecule has 0 fully saturated rings. The summed E-state index contributed by atoms with van der Waals surface area (Å²) >= 11 is 6.03. The van der Waals surface area contributed by atoms with Crippen molar-refractivity contribution in [2.45, 2.75) is 6.10 Å². The number of aliphatic hydroxyl groups is 1. The van der Waals surface area contributed by atoms with Gasteiger partial charge in [-0.1, -0.05) is 23.7 Å². The van der Waals surface area contributed by atoms with Gasteiger partial charge < -0.3 is 9.52 Å². The molecule has 4 nitrogen and oxygen atoms in total. The van der Waals surface area contributed by atoms with Gasteiger partial charge in [0.2, 0.25) is 0 Å². The van der Waals surface area contributed by atoms with Gasteiger partial charge in [0.05, 0.1) is 11.2 Å². The average Bonchev–Trinajstić information content (AvgIpc) is 2.95. The van der Waals surface area contributed by atoms with Gasteiger partial charge >= 0.3 is 0 Å². The normalized spacial score (nSPS) is 13.1. The fraction of sp³-hybridized carbons (Fsp3) is 0.154. The summed E-state index contributed by atoms with van der Waals surface area (Å²) < 4.78 is 7.24. The molecule has 3 aromatic rings. The monoisotopic (exact) mass is 262 g/mol. The van der Waals surface area contributed by atoms with Gasteiger partial charge in [0, 0.05) is 24.2 Å². The Kier molecular flexibility index (Phi) is 2.61. The van der Waals surface area contributed by atoms with Gasteiger partial charge in [-0.15, -0.1) is 0 Å². The molecule has 92 valence electrons. The fourth-order valence-electron chi connectivity index (χ4n) is 1.93. The van der Waals surface area contributed by atoms with Gasteiger partial charge in [0.1, 0.15) is 11.9 Å². The van der Waals surface area contributed by atoms with Crippen LogP contribution in [0.4, 0.5) is 0 Å². The Hall–Kier alpha value is -1.78. The molecule has 0 aliphatic rings. The third kappa shape index (κ3) is 1.79. The van der Waals surface area contributed by atoms with Crippen molar-refractivity contribution in [1.82, 2.24) is 9.78 Å². The molecular formula is C13H11ClN2O2. The van der Waals surface area contributed by atoms with Crippen molar-refractivity contribution in [2.75, 3.05) is 0 Å². The molecule has 1 atom stereocenters. The van der Waals surface area contributed by atoms with E-state index in [2.05, 4.69) is 5.10 Å². The molecule has 0 amide bonds. The molecule has 0 saturated heterocycles. The summed E-state index contributed by atoms with van der Waals surface area (Å²) in [6, 6.07) is 7.29. The van der Waals surface area contributed by atoms with E-state index in [-0.39, 0.29) is 0 Å². The summed E-state index contributed by atoms with van der Waals surface area (Å²) in [6.45, 7) is 0. The molecule has 0 radical (unpaired) electrons. The highest BCUT2D eigenvalue weighted by atomic mass is 35.5. The number of furan rings is 1. The summed E-state index contributed by atoms with van der Waals surface area (Å²) in [5, 5.41) is 15.6.